The molecular formula is BaF2Mg+2. The summed E-state index contributed by atoms with van der Waals surface area (Å²) >= 11 is 0. The smallest absolute Gasteiger partial charge is 1.00 e. The summed E-state index contributed by atoms with van der Waals surface area (Å²) in [5.41, 5.74) is 0. The quantitative estimate of drug-likeness (QED) is 0.341. The van der Waals surface area contributed by atoms with Gasteiger partial charge in [0.05, 0.1) is 0 Å². The van der Waals surface area contributed by atoms with Crippen LogP contribution in [0.2, 0.25) is 0 Å². The van der Waals surface area contributed by atoms with Gasteiger partial charge in [-0.1, -0.05) is 0 Å². The number of rotatable bonds is 0. The average Bonchev–Trinajstić information content (AvgIpc) is 0. The molecular weight excluding hydrogens is 200 g/mol. The first-order chi connectivity index (χ1) is 0. The molecule has 0 nitrogen and oxygen atoms in total. The van der Waals surface area contributed by atoms with Crippen LogP contribution in [0.5, 0.6) is 0 Å². The molecule has 0 N–H and O–H groups in total. The molecule has 16 valence electrons. The normalized spacial score (nSPS) is 0. The van der Waals surface area contributed by atoms with Crippen molar-refractivity contribution in [2.24, 2.45) is 0 Å². The molecule has 0 amide bonds. The van der Waals surface area contributed by atoms with E-state index in [2.05, 4.69) is 0 Å². The molecule has 0 aliphatic heterocycles. The molecule has 0 aliphatic carbocycles. The SMILES string of the molecule is [Ba+2].[F-].[F-].[Mg+2]. The zero-order valence-corrected chi connectivity index (χ0v) is 8.03. The van der Waals surface area contributed by atoms with Crippen LogP contribution in [-0.4, -0.2) is 71.9 Å². The van der Waals surface area contributed by atoms with Gasteiger partial charge >= 0.3 is 71.9 Å². The minimum absolute atomic E-state index is 0. The standard InChI is InChI=1S/Ba.2FH.Mg/h;2*1H;/q+2;;;+2/p-2. The molecule has 0 atom stereocenters. The second-order valence-electron chi connectivity index (χ2n) is 0. The Morgan fingerprint density at radius 3 is 0.750 bits per heavy atom. The molecule has 0 saturated heterocycles. The zero-order valence-electron chi connectivity index (χ0n) is 2.17. The van der Waals surface area contributed by atoms with Gasteiger partial charge in [0, 0.05) is 0 Å². The van der Waals surface area contributed by atoms with Crippen molar-refractivity contribution in [3.63, 3.8) is 0 Å². The maximum atomic E-state index is 0. The van der Waals surface area contributed by atoms with Gasteiger partial charge in [-0.2, -0.15) is 0 Å². The van der Waals surface area contributed by atoms with Gasteiger partial charge < -0.3 is 9.41 Å². The van der Waals surface area contributed by atoms with Gasteiger partial charge in [0.1, 0.15) is 0 Å². The fourth-order valence-corrected chi connectivity index (χ4v) is 0. The van der Waals surface area contributed by atoms with Crippen molar-refractivity contribution in [1.82, 2.24) is 0 Å². The van der Waals surface area contributed by atoms with Crippen LogP contribution >= 0.6 is 0 Å². The van der Waals surface area contributed by atoms with Crippen molar-refractivity contribution in [2.75, 3.05) is 0 Å². The Balaban J connectivity index is 0. The fourth-order valence-electron chi connectivity index (χ4n) is 0. The molecule has 0 spiro atoms. The van der Waals surface area contributed by atoms with Crippen LogP contribution in [0, 0.1) is 0 Å². The molecule has 0 fully saturated rings. The summed E-state index contributed by atoms with van der Waals surface area (Å²) in [7, 11) is 0. The fraction of sp³-hybridized carbons (Fsp3) is 0. The zero-order chi connectivity index (χ0) is 0. The van der Waals surface area contributed by atoms with E-state index >= 15 is 0 Å². The van der Waals surface area contributed by atoms with Crippen LogP contribution in [-0.2, 0) is 0 Å². The van der Waals surface area contributed by atoms with Crippen LogP contribution in [0.4, 0.5) is 0 Å². The van der Waals surface area contributed by atoms with Gasteiger partial charge in [0.25, 0.3) is 0 Å². The Hall–Kier alpha value is 2.20. The van der Waals surface area contributed by atoms with Crippen LogP contribution in [0.1, 0.15) is 0 Å². The monoisotopic (exact) mass is 200 g/mol. The van der Waals surface area contributed by atoms with E-state index in [0.717, 1.165) is 0 Å². The molecule has 0 unspecified atom stereocenters. The number of halogens is 2. The first-order valence-electron chi connectivity index (χ1n) is 0. The van der Waals surface area contributed by atoms with Crippen molar-refractivity contribution in [3.8, 4) is 0 Å². The van der Waals surface area contributed by atoms with Crippen LogP contribution in [0.3, 0.4) is 0 Å². The predicted octanol–water partition coefficient (Wildman–Crippen LogP) is -6.75. The van der Waals surface area contributed by atoms with Crippen molar-refractivity contribution in [3.05, 3.63) is 0 Å². The van der Waals surface area contributed by atoms with Gasteiger partial charge in [-0.25, -0.2) is 0 Å². The van der Waals surface area contributed by atoms with Crippen molar-refractivity contribution in [2.45, 2.75) is 0 Å². The minimum Gasteiger partial charge on any atom is -1.00 e. The van der Waals surface area contributed by atoms with Crippen molar-refractivity contribution < 1.29 is 9.41 Å². The summed E-state index contributed by atoms with van der Waals surface area (Å²) in [6.45, 7) is 0. The molecule has 0 aromatic carbocycles. The molecule has 0 aromatic rings. The molecule has 0 heterocycles. The largest absolute Gasteiger partial charge is 2.00 e. The number of hydrogen-bond donors (Lipinski definition) is 0. The predicted molar refractivity (Wildman–Crippen MR) is 11.5 cm³/mol. The van der Waals surface area contributed by atoms with Crippen LogP contribution in [0.15, 0.2) is 0 Å². The van der Waals surface area contributed by atoms with Gasteiger partial charge in [-0.05, 0) is 0 Å². The van der Waals surface area contributed by atoms with E-state index in [1.165, 1.54) is 0 Å². The Labute approximate surface area is 79.7 Å². The molecule has 4 heteroatoms. The van der Waals surface area contributed by atoms with E-state index in [4.69, 9.17) is 0 Å². The van der Waals surface area contributed by atoms with E-state index in [-0.39, 0.29) is 81.3 Å². The molecule has 4 heavy (non-hydrogen) atoms. The second-order valence-corrected chi connectivity index (χ2v) is 0. The van der Waals surface area contributed by atoms with E-state index < -0.39 is 0 Å². The van der Waals surface area contributed by atoms with E-state index in [0.29, 0.717) is 0 Å². The van der Waals surface area contributed by atoms with Crippen LogP contribution in [0.25, 0.3) is 0 Å². The molecule has 0 aliphatic rings. The minimum atomic E-state index is 0. The topological polar surface area (TPSA) is 0 Å². The van der Waals surface area contributed by atoms with Crippen molar-refractivity contribution >= 4 is 71.9 Å². The number of hydrogen-bond acceptors (Lipinski definition) is 0. The maximum absolute atomic E-state index is 0. The summed E-state index contributed by atoms with van der Waals surface area (Å²) in [6.07, 6.45) is 0. The third-order valence-electron chi connectivity index (χ3n) is 0. The van der Waals surface area contributed by atoms with Gasteiger partial charge in [0.15, 0.2) is 0 Å². The summed E-state index contributed by atoms with van der Waals surface area (Å²) in [5.74, 6) is 0. The summed E-state index contributed by atoms with van der Waals surface area (Å²) in [5, 5.41) is 0. The third-order valence-corrected chi connectivity index (χ3v) is 0. The van der Waals surface area contributed by atoms with Crippen molar-refractivity contribution in [1.29, 1.82) is 0 Å². The maximum Gasteiger partial charge on any atom is 2.00 e. The van der Waals surface area contributed by atoms with Gasteiger partial charge in [-0.3, -0.25) is 0 Å². The Kier molecular flexibility index (Phi) is 164. The van der Waals surface area contributed by atoms with Gasteiger partial charge in [-0.15, -0.1) is 0 Å². The summed E-state index contributed by atoms with van der Waals surface area (Å²) in [6, 6.07) is 0. The molecule has 0 saturated carbocycles. The Bertz CT molecular complexity index is 6.00. The van der Waals surface area contributed by atoms with Crippen LogP contribution < -0.4 is 9.41 Å². The molecule has 0 bridgehead atoms. The third kappa shape index (κ3) is 8.89. The summed E-state index contributed by atoms with van der Waals surface area (Å²) < 4.78 is 0. The average molecular weight is 200 g/mol. The molecule has 0 rings (SSSR count). The Morgan fingerprint density at radius 1 is 0.750 bits per heavy atom. The second kappa shape index (κ2) is 19.0. The van der Waals surface area contributed by atoms with E-state index in [9.17, 15) is 0 Å². The van der Waals surface area contributed by atoms with E-state index in [1.54, 1.807) is 0 Å². The van der Waals surface area contributed by atoms with Gasteiger partial charge in [0.2, 0.25) is 0 Å². The molecule has 0 radical (unpaired) electrons. The first kappa shape index (κ1) is 34.7. The molecule has 0 aromatic heterocycles. The van der Waals surface area contributed by atoms with E-state index in [1.807, 2.05) is 0 Å². The first-order valence-corrected chi connectivity index (χ1v) is 0. The Morgan fingerprint density at radius 2 is 0.750 bits per heavy atom. The summed E-state index contributed by atoms with van der Waals surface area (Å²) in [4.78, 5) is 0.